The van der Waals surface area contributed by atoms with Crippen LogP contribution in [0, 0.1) is 5.82 Å². The van der Waals surface area contributed by atoms with Crippen LogP contribution in [-0.2, 0) is 16.1 Å². The number of ether oxygens (including phenoxy) is 1. The van der Waals surface area contributed by atoms with Crippen LogP contribution in [0.25, 0.3) is 0 Å². The summed E-state index contributed by atoms with van der Waals surface area (Å²) in [6.07, 6.45) is 0.0499. The lowest BCUT2D eigenvalue weighted by atomic mass is 10.2. The van der Waals surface area contributed by atoms with Crippen LogP contribution in [0.1, 0.15) is 11.3 Å². The molecular weight excluding hydrogens is 449 g/mol. The average molecular weight is 470 g/mol. The first-order valence-electron chi connectivity index (χ1n) is 9.80. The maximum absolute atomic E-state index is 13.3. The zero-order valence-corrected chi connectivity index (χ0v) is 18.8. The minimum atomic E-state index is -0.646. The molecule has 2 amide bonds. The van der Waals surface area contributed by atoms with Crippen LogP contribution in [0.5, 0.6) is 5.75 Å². The lowest BCUT2D eigenvalue weighted by Gasteiger charge is -2.31. The lowest BCUT2D eigenvalue weighted by molar-refractivity contribution is -0.129. The first-order valence-corrected chi connectivity index (χ1v) is 11.6. The molecule has 0 spiro atoms. The highest BCUT2D eigenvalue weighted by atomic mass is 32.2. The first-order chi connectivity index (χ1) is 15.5. The van der Waals surface area contributed by atoms with Gasteiger partial charge in [0.1, 0.15) is 16.8 Å². The quantitative estimate of drug-likeness (QED) is 0.548. The van der Waals surface area contributed by atoms with E-state index in [0.29, 0.717) is 28.8 Å². The summed E-state index contributed by atoms with van der Waals surface area (Å²) in [7, 11) is 1.55. The van der Waals surface area contributed by atoms with Gasteiger partial charge in [-0.1, -0.05) is 23.9 Å². The number of hydrogen-bond donors (Lipinski definition) is 1. The van der Waals surface area contributed by atoms with Crippen molar-refractivity contribution < 1.29 is 18.7 Å². The third kappa shape index (κ3) is 5.35. The zero-order valence-electron chi connectivity index (χ0n) is 17.2. The Morgan fingerprint density at radius 3 is 2.75 bits per heavy atom. The summed E-state index contributed by atoms with van der Waals surface area (Å²) in [5.41, 5.74) is 1.09. The second-order valence-electron chi connectivity index (χ2n) is 6.96. The van der Waals surface area contributed by atoms with Gasteiger partial charge < -0.3 is 10.1 Å². The van der Waals surface area contributed by atoms with Crippen molar-refractivity contribution in [2.45, 2.75) is 18.2 Å². The van der Waals surface area contributed by atoms with Crippen LogP contribution < -0.4 is 10.1 Å². The highest BCUT2D eigenvalue weighted by molar-refractivity contribution is 8.15. The van der Waals surface area contributed by atoms with Gasteiger partial charge in [-0.25, -0.2) is 9.38 Å². The van der Waals surface area contributed by atoms with Crippen LogP contribution in [0.2, 0.25) is 0 Å². The molecule has 3 aromatic rings. The van der Waals surface area contributed by atoms with E-state index in [1.807, 2.05) is 17.5 Å². The van der Waals surface area contributed by atoms with Gasteiger partial charge in [0.2, 0.25) is 11.8 Å². The molecule has 0 unspecified atom stereocenters. The number of thiophene rings is 1. The number of thioether (sulfide) groups is 1. The molecule has 1 aliphatic heterocycles. The Hall–Kier alpha value is -3.17. The van der Waals surface area contributed by atoms with Crippen molar-refractivity contribution in [1.82, 2.24) is 4.90 Å². The van der Waals surface area contributed by atoms with Gasteiger partial charge >= 0.3 is 0 Å². The number of carbonyl (C=O) groups is 2. The molecule has 1 atom stereocenters. The summed E-state index contributed by atoms with van der Waals surface area (Å²) < 4.78 is 18.5. The summed E-state index contributed by atoms with van der Waals surface area (Å²) in [5, 5.41) is 4.55. The molecule has 1 aromatic heterocycles. The fraction of sp³-hybridized carbons (Fsp3) is 0.174. The SMILES string of the molecule is COc1cccc(NC(=O)[C@H]2CC(=O)N(Cc3cccs3)C(=Nc3ccc(F)cc3)S2)c1. The minimum absolute atomic E-state index is 0.0499. The molecule has 6 nitrogen and oxygen atoms in total. The van der Waals surface area contributed by atoms with Crippen LogP contribution in [-0.4, -0.2) is 34.2 Å². The lowest BCUT2D eigenvalue weighted by Crippen LogP contribution is -2.44. The number of hydrogen-bond acceptors (Lipinski definition) is 6. The molecule has 0 bridgehead atoms. The van der Waals surface area contributed by atoms with Crippen molar-refractivity contribution in [3.63, 3.8) is 0 Å². The van der Waals surface area contributed by atoms with E-state index in [1.54, 1.807) is 47.6 Å². The second kappa shape index (κ2) is 9.97. The van der Waals surface area contributed by atoms with E-state index in [4.69, 9.17) is 4.74 Å². The number of anilines is 1. The Kier molecular flexibility index (Phi) is 6.87. The van der Waals surface area contributed by atoms with E-state index in [9.17, 15) is 14.0 Å². The fourth-order valence-corrected chi connectivity index (χ4v) is 4.90. The number of rotatable bonds is 6. The van der Waals surface area contributed by atoms with E-state index in [2.05, 4.69) is 10.3 Å². The van der Waals surface area contributed by atoms with Gasteiger partial charge in [-0.3, -0.25) is 14.5 Å². The van der Waals surface area contributed by atoms with Crippen LogP contribution >= 0.6 is 23.1 Å². The predicted octanol–water partition coefficient (Wildman–Crippen LogP) is 5.06. The van der Waals surface area contributed by atoms with Crippen LogP contribution in [0.3, 0.4) is 0 Å². The monoisotopic (exact) mass is 469 g/mol. The maximum atomic E-state index is 13.3. The number of halogens is 1. The molecule has 164 valence electrons. The number of nitrogens with zero attached hydrogens (tertiary/aromatic N) is 2. The average Bonchev–Trinajstić information content (AvgIpc) is 3.31. The first kappa shape index (κ1) is 22.0. The fourth-order valence-electron chi connectivity index (χ4n) is 3.10. The van der Waals surface area contributed by atoms with E-state index in [1.165, 1.54) is 36.0 Å². The largest absolute Gasteiger partial charge is 0.497 e. The Balaban J connectivity index is 1.57. The molecule has 1 aliphatic rings. The Labute approximate surface area is 193 Å². The highest BCUT2D eigenvalue weighted by Gasteiger charge is 2.36. The van der Waals surface area contributed by atoms with Gasteiger partial charge in [-0.2, -0.15) is 0 Å². The van der Waals surface area contributed by atoms with E-state index in [-0.39, 0.29) is 24.1 Å². The van der Waals surface area contributed by atoms with Crippen molar-refractivity contribution >= 4 is 51.5 Å². The van der Waals surface area contributed by atoms with E-state index >= 15 is 0 Å². The zero-order chi connectivity index (χ0) is 22.5. The predicted molar refractivity (Wildman–Crippen MR) is 126 cm³/mol. The molecule has 0 saturated carbocycles. The summed E-state index contributed by atoms with van der Waals surface area (Å²) in [6, 6.07) is 16.6. The molecule has 2 aromatic carbocycles. The van der Waals surface area contributed by atoms with E-state index in [0.717, 1.165) is 4.88 Å². The van der Waals surface area contributed by atoms with Gasteiger partial charge in [-0.15, -0.1) is 11.3 Å². The molecule has 0 aliphatic carbocycles. The summed E-state index contributed by atoms with van der Waals surface area (Å²) in [6.45, 7) is 0.369. The van der Waals surface area contributed by atoms with Crippen LogP contribution in [0.4, 0.5) is 15.8 Å². The smallest absolute Gasteiger partial charge is 0.238 e. The standard InChI is InChI=1S/C23H20FN3O3S2/c1-30-18-5-2-4-17(12-18)25-22(29)20-13-21(28)27(14-19-6-3-11-31-19)23(32-20)26-16-9-7-15(24)8-10-16/h2-12,20H,13-14H2,1H3,(H,25,29)/t20-/m1/s1. The molecule has 1 saturated heterocycles. The highest BCUT2D eigenvalue weighted by Crippen LogP contribution is 2.32. The number of methoxy groups -OCH3 is 1. The topological polar surface area (TPSA) is 71.0 Å². The summed E-state index contributed by atoms with van der Waals surface area (Å²) in [4.78, 5) is 33.1. The molecule has 1 fully saturated rings. The number of amidine groups is 1. The number of aliphatic imine (C=N–C) groups is 1. The molecule has 32 heavy (non-hydrogen) atoms. The Morgan fingerprint density at radius 2 is 2.03 bits per heavy atom. The third-order valence-electron chi connectivity index (χ3n) is 4.71. The number of carbonyl (C=O) groups excluding carboxylic acids is 2. The van der Waals surface area contributed by atoms with E-state index < -0.39 is 5.25 Å². The summed E-state index contributed by atoms with van der Waals surface area (Å²) in [5.74, 6) is -0.230. The Bertz CT molecular complexity index is 1130. The van der Waals surface area contributed by atoms with Crippen molar-refractivity contribution in [3.05, 3.63) is 76.7 Å². The molecule has 1 N–H and O–H groups in total. The van der Waals surface area contributed by atoms with Gasteiger partial charge in [0.25, 0.3) is 0 Å². The Morgan fingerprint density at radius 1 is 1.22 bits per heavy atom. The molecule has 2 heterocycles. The molecular formula is C23H20FN3O3S2. The van der Waals surface area contributed by atoms with Crippen molar-refractivity contribution in [2.75, 3.05) is 12.4 Å². The summed E-state index contributed by atoms with van der Waals surface area (Å²) >= 11 is 2.77. The number of nitrogens with one attached hydrogen (secondary N) is 1. The minimum Gasteiger partial charge on any atom is -0.497 e. The third-order valence-corrected chi connectivity index (χ3v) is 6.76. The van der Waals surface area contributed by atoms with Crippen molar-refractivity contribution in [2.24, 2.45) is 4.99 Å². The van der Waals surface area contributed by atoms with Crippen molar-refractivity contribution in [3.8, 4) is 5.75 Å². The molecule has 9 heteroatoms. The normalized spacial score (nSPS) is 17.4. The number of benzene rings is 2. The van der Waals surface area contributed by atoms with Gasteiger partial charge in [0, 0.05) is 23.1 Å². The maximum Gasteiger partial charge on any atom is 0.238 e. The van der Waals surface area contributed by atoms with Gasteiger partial charge in [0.15, 0.2) is 5.17 Å². The number of amides is 2. The molecule has 4 rings (SSSR count). The van der Waals surface area contributed by atoms with Crippen LogP contribution in [0.15, 0.2) is 71.0 Å². The second-order valence-corrected chi connectivity index (χ2v) is 9.16. The van der Waals surface area contributed by atoms with Gasteiger partial charge in [-0.05, 0) is 47.8 Å². The molecule has 0 radical (unpaired) electrons. The van der Waals surface area contributed by atoms with Crippen molar-refractivity contribution in [1.29, 1.82) is 0 Å². The van der Waals surface area contributed by atoms with Gasteiger partial charge in [0.05, 0.1) is 19.3 Å².